The van der Waals surface area contributed by atoms with Crippen LogP contribution in [0, 0.1) is 0 Å². The lowest BCUT2D eigenvalue weighted by Crippen LogP contribution is -1.88. The van der Waals surface area contributed by atoms with Crippen molar-refractivity contribution in [2.45, 2.75) is 0 Å². The third-order valence-corrected chi connectivity index (χ3v) is 6.19. The molecule has 2 aromatic heterocycles. The maximum Gasteiger partial charge on any atom is 0.214 e. The van der Waals surface area contributed by atoms with Gasteiger partial charge in [-0.3, -0.25) is 4.79 Å². The highest BCUT2D eigenvalue weighted by Crippen LogP contribution is 2.52. The molecule has 0 amide bonds. The van der Waals surface area contributed by atoms with E-state index in [0.29, 0.717) is 0 Å². The van der Waals surface area contributed by atoms with E-state index in [1.807, 2.05) is 24.3 Å². The monoisotopic (exact) mass is 292 g/mol. The van der Waals surface area contributed by atoms with E-state index in [1.165, 1.54) is 20.2 Å². The fourth-order valence-electron chi connectivity index (χ4n) is 3.01. The maximum absolute atomic E-state index is 12.6. The minimum absolute atomic E-state index is 0.206. The number of rotatable bonds is 0. The van der Waals surface area contributed by atoms with Crippen molar-refractivity contribution in [3.05, 3.63) is 58.3 Å². The highest BCUT2D eigenvalue weighted by molar-refractivity contribution is 7.26. The number of hydrogen-bond acceptors (Lipinski definition) is 3. The molecule has 0 fully saturated rings. The summed E-state index contributed by atoms with van der Waals surface area (Å²) in [6, 6.07) is 16.6. The standard InChI is InChI=1S/C17H8OS2/c18-15-16-13(9-5-1-3-7-11(9)19-16)14-10-6-2-4-8-12(10)20-17(14)15/h1-8H. The summed E-state index contributed by atoms with van der Waals surface area (Å²) < 4.78 is 2.40. The Labute approximate surface area is 123 Å². The third-order valence-electron chi connectivity index (χ3n) is 3.85. The number of ketones is 1. The minimum atomic E-state index is 0.206. The van der Waals surface area contributed by atoms with Crippen molar-refractivity contribution in [2.75, 3.05) is 0 Å². The lowest BCUT2D eigenvalue weighted by Gasteiger charge is -1.97. The van der Waals surface area contributed by atoms with Gasteiger partial charge in [-0.1, -0.05) is 36.4 Å². The molecule has 0 spiro atoms. The van der Waals surface area contributed by atoms with Gasteiger partial charge in [0, 0.05) is 31.3 Å². The summed E-state index contributed by atoms with van der Waals surface area (Å²) in [6.07, 6.45) is 0. The van der Waals surface area contributed by atoms with Crippen LogP contribution in [0.4, 0.5) is 0 Å². The molecule has 3 heteroatoms. The van der Waals surface area contributed by atoms with Crippen molar-refractivity contribution in [3.8, 4) is 11.1 Å². The first-order chi connectivity index (χ1) is 9.84. The van der Waals surface area contributed by atoms with E-state index >= 15 is 0 Å². The van der Waals surface area contributed by atoms with Crippen molar-refractivity contribution in [2.24, 2.45) is 0 Å². The molecule has 0 atom stereocenters. The molecule has 0 unspecified atom stereocenters. The van der Waals surface area contributed by atoms with E-state index in [-0.39, 0.29) is 5.78 Å². The second kappa shape index (κ2) is 3.57. The molecule has 4 aromatic rings. The lowest BCUT2D eigenvalue weighted by atomic mass is 10.0. The van der Waals surface area contributed by atoms with Crippen molar-refractivity contribution < 1.29 is 4.79 Å². The Morgan fingerprint density at radius 1 is 0.650 bits per heavy atom. The first kappa shape index (κ1) is 10.8. The molecule has 0 bridgehead atoms. The highest BCUT2D eigenvalue weighted by atomic mass is 32.1. The topological polar surface area (TPSA) is 17.1 Å². The van der Waals surface area contributed by atoms with Gasteiger partial charge < -0.3 is 0 Å². The molecule has 1 aliphatic carbocycles. The van der Waals surface area contributed by atoms with Crippen molar-refractivity contribution in [1.29, 1.82) is 0 Å². The summed E-state index contributed by atoms with van der Waals surface area (Å²) in [7, 11) is 0. The minimum Gasteiger partial charge on any atom is -0.287 e. The fraction of sp³-hybridized carbons (Fsp3) is 0. The first-order valence-corrected chi connectivity index (χ1v) is 8.06. The van der Waals surface area contributed by atoms with Gasteiger partial charge in [-0.2, -0.15) is 0 Å². The number of carbonyl (C=O) groups excluding carboxylic acids is 1. The molecule has 1 nitrogen and oxygen atoms in total. The molecule has 5 rings (SSSR count). The summed E-state index contributed by atoms with van der Waals surface area (Å²) in [6.45, 7) is 0. The van der Waals surface area contributed by atoms with Gasteiger partial charge in [0.05, 0.1) is 9.75 Å². The van der Waals surface area contributed by atoms with E-state index in [1.54, 1.807) is 22.7 Å². The molecule has 0 N–H and O–H groups in total. The van der Waals surface area contributed by atoms with E-state index in [4.69, 9.17) is 0 Å². The average molecular weight is 292 g/mol. The van der Waals surface area contributed by atoms with Crippen LogP contribution in [0.5, 0.6) is 0 Å². The summed E-state index contributed by atoms with van der Waals surface area (Å²) >= 11 is 3.24. The Bertz CT molecular complexity index is 938. The van der Waals surface area contributed by atoms with Crippen molar-refractivity contribution >= 4 is 48.6 Å². The van der Waals surface area contributed by atoms with Gasteiger partial charge in [0.2, 0.25) is 5.78 Å². The zero-order valence-electron chi connectivity index (χ0n) is 10.3. The van der Waals surface area contributed by atoms with E-state index in [0.717, 1.165) is 20.9 Å². The Morgan fingerprint density at radius 2 is 1.10 bits per heavy atom. The largest absolute Gasteiger partial charge is 0.287 e. The van der Waals surface area contributed by atoms with Gasteiger partial charge in [-0.15, -0.1) is 22.7 Å². The van der Waals surface area contributed by atoms with Gasteiger partial charge in [-0.05, 0) is 12.1 Å². The third kappa shape index (κ3) is 1.15. The van der Waals surface area contributed by atoms with Gasteiger partial charge in [0.25, 0.3) is 0 Å². The second-order valence-corrected chi connectivity index (χ2v) is 7.04. The molecule has 0 saturated carbocycles. The van der Waals surface area contributed by atoms with Crippen LogP contribution in [-0.2, 0) is 0 Å². The molecule has 20 heavy (non-hydrogen) atoms. The van der Waals surface area contributed by atoms with Crippen LogP contribution >= 0.6 is 22.7 Å². The Hall–Kier alpha value is -1.97. The summed E-state index contributed by atoms with van der Waals surface area (Å²) in [4.78, 5) is 14.5. The molecule has 2 aromatic carbocycles. The predicted molar refractivity (Wildman–Crippen MR) is 86.1 cm³/mol. The molecule has 1 aliphatic rings. The smallest absolute Gasteiger partial charge is 0.214 e. The van der Waals surface area contributed by atoms with E-state index in [2.05, 4.69) is 24.3 Å². The van der Waals surface area contributed by atoms with Crippen LogP contribution in [0.15, 0.2) is 48.5 Å². The predicted octanol–water partition coefficient (Wildman–Crippen LogP) is 5.33. The normalized spacial score (nSPS) is 13.1. The molecule has 2 heterocycles. The first-order valence-electron chi connectivity index (χ1n) is 6.43. The van der Waals surface area contributed by atoms with E-state index < -0.39 is 0 Å². The van der Waals surface area contributed by atoms with Crippen LogP contribution in [0.1, 0.15) is 14.5 Å². The van der Waals surface area contributed by atoms with Crippen LogP contribution < -0.4 is 0 Å². The summed E-state index contributed by atoms with van der Waals surface area (Å²) in [5.74, 6) is 0.206. The van der Waals surface area contributed by atoms with Crippen LogP contribution in [0.3, 0.4) is 0 Å². The molecule has 0 radical (unpaired) electrons. The zero-order valence-corrected chi connectivity index (χ0v) is 12.0. The lowest BCUT2D eigenvalue weighted by molar-refractivity contribution is 0.105. The van der Waals surface area contributed by atoms with Gasteiger partial charge in [-0.25, -0.2) is 0 Å². The summed E-state index contributed by atoms with van der Waals surface area (Å²) in [5.41, 5.74) is 2.31. The number of fused-ring (bicyclic) bond motifs is 7. The Balaban J connectivity index is 2.04. The fourth-order valence-corrected chi connectivity index (χ4v) is 5.39. The van der Waals surface area contributed by atoms with Crippen LogP contribution in [0.2, 0.25) is 0 Å². The summed E-state index contributed by atoms with van der Waals surface area (Å²) in [5, 5.41) is 2.42. The SMILES string of the molecule is O=C1c2sc3ccccc3c2-c2c1sc1ccccc21. The number of thiophene rings is 2. The number of benzene rings is 2. The zero-order chi connectivity index (χ0) is 13.3. The van der Waals surface area contributed by atoms with Crippen LogP contribution in [-0.4, -0.2) is 5.78 Å². The Kier molecular flexibility index (Phi) is 1.92. The molecule has 0 saturated heterocycles. The van der Waals surface area contributed by atoms with E-state index in [9.17, 15) is 4.79 Å². The number of hydrogen-bond donors (Lipinski definition) is 0. The molecule has 94 valence electrons. The van der Waals surface area contributed by atoms with Crippen molar-refractivity contribution in [3.63, 3.8) is 0 Å². The molecular weight excluding hydrogens is 284 g/mol. The van der Waals surface area contributed by atoms with Crippen molar-refractivity contribution in [1.82, 2.24) is 0 Å². The molecular formula is C17H8OS2. The Morgan fingerprint density at radius 3 is 1.60 bits per heavy atom. The second-order valence-electron chi connectivity index (χ2n) is 4.93. The van der Waals surface area contributed by atoms with Crippen LogP contribution in [0.25, 0.3) is 31.3 Å². The highest BCUT2D eigenvalue weighted by Gasteiger charge is 2.34. The van der Waals surface area contributed by atoms with Gasteiger partial charge in [0.1, 0.15) is 0 Å². The maximum atomic E-state index is 12.6. The van der Waals surface area contributed by atoms with Gasteiger partial charge >= 0.3 is 0 Å². The quantitative estimate of drug-likeness (QED) is 0.377. The average Bonchev–Trinajstić information content (AvgIpc) is 3.10. The van der Waals surface area contributed by atoms with Gasteiger partial charge in [0.15, 0.2) is 0 Å². The molecule has 0 aliphatic heterocycles. The number of carbonyl (C=O) groups is 1.